The third-order valence-electron chi connectivity index (χ3n) is 7.90. The number of methoxy groups -OCH3 is 1. The first-order valence-electron chi connectivity index (χ1n) is 13.5. The fourth-order valence-corrected chi connectivity index (χ4v) is 5.64. The van der Waals surface area contributed by atoms with Crippen LogP contribution in [0.3, 0.4) is 0 Å². The summed E-state index contributed by atoms with van der Waals surface area (Å²) in [5.74, 6) is 0.927. The number of fused-ring (bicyclic) bond motifs is 1. The molecule has 0 spiro atoms. The number of ether oxygens (including phenoxy) is 2. The minimum absolute atomic E-state index is 0.118. The Labute approximate surface area is 228 Å². The van der Waals surface area contributed by atoms with E-state index >= 15 is 0 Å². The SMILES string of the molecule is CC[C@@H]1CN(Cc2cc(-n3ncc(C(=O)OC)c3[C@@H]3C[C@H]3c3cn(C)nn3)ccc2C)Cc2ccccc2O1. The minimum Gasteiger partial charge on any atom is -0.489 e. The summed E-state index contributed by atoms with van der Waals surface area (Å²) in [6.07, 6.45) is 5.55. The van der Waals surface area contributed by atoms with Gasteiger partial charge in [0.2, 0.25) is 0 Å². The number of carbonyl (C=O) groups is 1. The number of hydrogen-bond acceptors (Lipinski definition) is 7. The smallest absolute Gasteiger partial charge is 0.341 e. The number of nitrogens with zero attached hydrogens (tertiary/aromatic N) is 6. The molecule has 0 saturated heterocycles. The molecule has 9 heteroatoms. The van der Waals surface area contributed by atoms with E-state index in [-0.39, 0.29) is 23.9 Å². The quantitative estimate of drug-likeness (QED) is 0.327. The minimum atomic E-state index is -0.373. The zero-order chi connectivity index (χ0) is 27.1. The van der Waals surface area contributed by atoms with Crippen LogP contribution < -0.4 is 4.74 Å². The van der Waals surface area contributed by atoms with E-state index in [2.05, 4.69) is 70.6 Å². The molecule has 1 aliphatic heterocycles. The Bertz CT molecular complexity index is 1510. The Morgan fingerprint density at radius 3 is 2.79 bits per heavy atom. The van der Waals surface area contributed by atoms with Crippen molar-refractivity contribution >= 4 is 5.97 Å². The van der Waals surface area contributed by atoms with Gasteiger partial charge in [0.15, 0.2) is 0 Å². The maximum Gasteiger partial charge on any atom is 0.341 e. The Hall–Kier alpha value is -3.98. The Morgan fingerprint density at radius 2 is 2.03 bits per heavy atom. The second-order valence-corrected chi connectivity index (χ2v) is 10.6. The van der Waals surface area contributed by atoms with Gasteiger partial charge in [-0.15, -0.1) is 5.10 Å². The average Bonchev–Trinajstić information content (AvgIpc) is 3.47. The first-order valence-corrected chi connectivity index (χ1v) is 13.5. The molecule has 6 rings (SSSR count). The van der Waals surface area contributed by atoms with Gasteiger partial charge in [-0.1, -0.05) is 36.4 Å². The molecule has 1 aliphatic carbocycles. The van der Waals surface area contributed by atoms with Gasteiger partial charge >= 0.3 is 5.97 Å². The highest BCUT2D eigenvalue weighted by molar-refractivity contribution is 5.91. The van der Waals surface area contributed by atoms with E-state index in [0.29, 0.717) is 5.56 Å². The lowest BCUT2D eigenvalue weighted by molar-refractivity contribution is 0.0599. The lowest BCUT2D eigenvalue weighted by Crippen LogP contribution is -2.32. The van der Waals surface area contributed by atoms with Crippen LogP contribution in [-0.2, 0) is 24.9 Å². The number of benzene rings is 2. The van der Waals surface area contributed by atoms with E-state index in [1.54, 1.807) is 10.9 Å². The van der Waals surface area contributed by atoms with E-state index in [9.17, 15) is 4.79 Å². The third-order valence-corrected chi connectivity index (χ3v) is 7.90. The van der Waals surface area contributed by atoms with Crippen molar-refractivity contribution in [2.24, 2.45) is 7.05 Å². The molecule has 0 amide bonds. The van der Waals surface area contributed by atoms with Gasteiger partial charge in [0.25, 0.3) is 0 Å². The lowest BCUT2D eigenvalue weighted by atomic mass is 10.1. The van der Waals surface area contributed by atoms with Crippen LogP contribution in [-0.4, -0.2) is 55.4 Å². The van der Waals surface area contributed by atoms with Gasteiger partial charge < -0.3 is 9.47 Å². The van der Waals surface area contributed by atoms with Crippen molar-refractivity contribution in [3.63, 3.8) is 0 Å². The van der Waals surface area contributed by atoms with Crippen LogP contribution in [0.5, 0.6) is 5.75 Å². The summed E-state index contributed by atoms with van der Waals surface area (Å²) in [7, 11) is 3.27. The fourth-order valence-electron chi connectivity index (χ4n) is 5.64. The van der Waals surface area contributed by atoms with E-state index in [1.165, 1.54) is 23.8 Å². The topological polar surface area (TPSA) is 87.3 Å². The highest BCUT2D eigenvalue weighted by Crippen LogP contribution is 2.55. The summed E-state index contributed by atoms with van der Waals surface area (Å²) in [5.41, 5.74) is 6.90. The van der Waals surface area contributed by atoms with Crippen LogP contribution in [0.25, 0.3) is 5.69 Å². The molecule has 0 bridgehead atoms. The Kier molecular flexibility index (Phi) is 6.68. The number of aromatic nitrogens is 5. The van der Waals surface area contributed by atoms with Crippen LogP contribution in [0.1, 0.15) is 70.0 Å². The van der Waals surface area contributed by atoms with Gasteiger partial charge in [-0.25, -0.2) is 9.48 Å². The molecule has 0 N–H and O–H groups in total. The lowest BCUT2D eigenvalue weighted by Gasteiger charge is -2.24. The molecular weight excluding hydrogens is 492 g/mol. The number of carbonyl (C=O) groups excluding carboxylic acids is 1. The number of rotatable bonds is 7. The van der Waals surface area contributed by atoms with Crippen molar-refractivity contribution < 1.29 is 14.3 Å². The summed E-state index contributed by atoms with van der Waals surface area (Å²) in [6.45, 7) is 6.80. The molecule has 2 aromatic carbocycles. The molecular formula is C30H34N6O3. The van der Waals surface area contributed by atoms with Crippen molar-refractivity contribution in [2.75, 3.05) is 13.7 Å². The summed E-state index contributed by atoms with van der Waals surface area (Å²) >= 11 is 0. The number of aryl methyl sites for hydroxylation is 2. The van der Waals surface area contributed by atoms with Gasteiger partial charge in [0.05, 0.1) is 30.4 Å². The molecule has 3 atom stereocenters. The van der Waals surface area contributed by atoms with Crippen LogP contribution in [0.2, 0.25) is 0 Å². The van der Waals surface area contributed by atoms with Gasteiger partial charge in [0.1, 0.15) is 17.4 Å². The van der Waals surface area contributed by atoms with Gasteiger partial charge in [-0.3, -0.25) is 9.58 Å². The normalized spacial score (nSPS) is 20.7. The second-order valence-electron chi connectivity index (χ2n) is 10.6. The fraction of sp³-hybridized carbons (Fsp3) is 0.400. The van der Waals surface area contributed by atoms with Crippen LogP contribution in [0.15, 0.2) is 54.9 Å². The average molecular weight is 527 g/mol. The van der Waals surface area contributed by atoms with Gasteiger partial charge in [-0.2, -0.15) is 5.10 Å². The summed E-state index contributed by atoms with van der Waals surface area (Å²) in [4.78, 5) is 15.2. The highest BCUT2D eigenvalue weighted by Gasteiger charge is 2.46. The maximum atomic E-state index is 12.7. The number of hydrogen-bond donors (Lipinski definition) is 0. The van der Waals surface area contributed by atoms with E-state index in [4.69, 9.17) is 9.47 Å². The van der Waals surface area contributed by atoms with Crippen molar-refractivity contribution in [2.45, 2.75) is 57.7 Å². The number of para-hydroxylation sites is 1. The third kappa shape index (κ3) is 4.94. The van der Waals surface area contributed by atoms with Crippen molar-refractivity contribution in [1.82, 2.24) is 29.7 Å². The second kappa shape index (κ2) is 10.3. The molecule has 4 aromatic rings. The van der Waals surface area contributed by atoms with E-state index in [1.807, 2.05) is 24.0 Å². The molecule has 0 unspecified atom stereocenters. The van der Waals surface area contributed by atoms with Crippen LogP contribution >= 0.6 is 0 Å². The summed E-state index contributed by atoms with van der Waals surface area (Å²) < 4.78 is 15.1. The van der Waals surface area contributed by atoms with Crippen molar-refractivity contribution in [3.8, 4) is 11.4 Å². The zero-order valence-electron chi connectivity index (χ0n) is 22.9. The van der Waals surface area contributed by atoms with Gasteiger partial charge in [-0.05, 0) is 49.1 Å². The van der Waals surface area contributed by atoms with Gasteiger partial charge in [0, 0.05) is 50.3 Å². The van der Waals surface area contributed by atoms with Crippen LogP contribution in [0, 0.1) is 6.92 Å². The maximum absolute atomic E-state index is 12.7. The zero-order valence-corrected chi connectivity index (χ0v) is 22.9. The molecule has 2 aromatic heterocycles. The molecule has 3 heterocycles. The Balaban J connectivity index is 1.32. The highest BCUT2D eigenvalue weighted by atomic mass is 16.5. The monoisotopic (exact) mass is 526 g/mol. The molecule has 9 nitrogen and oxygen atoms in total. The summed E-state index contributed by atoms with van der Waals surface area (Å²) in [6, 6.07) is 14.7. The van der Waals surface area contributed by atoms with Crippen molar-refractivity contribution in [3.05, 3.63) is 88.5 Å². The first-order chi connectivity index (χ1) is 18.9. The standard InChI is InChI=1S/C30H34N6O3/c1-5-23-17-35(15-20-8-6-7-9-28(20)39-23)16-21-12-22(11-10-19(21)2)36-29(26(14-31-36)30(37)38-4)25-13-24(25)27-18-34(3)33-32-27/h6-12,14,18,23-25H,5,13,15-17H2,1-4H3/t23-,24-,25-/m1/s1. The van der Waals surface area contributed by atoms with E-state index in [0.717, 1.165) is 55.3 Å². The first kappa shape index (κ1) is 25.3. The molecule has 39 heavy (non-hydrogen) atoms. The molecule has 1 saturated carbocycles. The molecule has 202 valence electrons. The Morgan fingerprint density at radius 1 is 1.18 bits per heavy atom. The van der Waals surface area contributed by atoms with E-state index < -0.39 is 0 Å². The summed E-state index contributed by atoms with van der Waals surface area (Å²) in [5, 5.41) is 13.1. The van der Waals surface area contributed by atoms with Crippen molar-refractivity contribution in [1.29, 1.82) is 0 Å². The predicted octanol–water partition coefficient (Wildman–Crippen LogP) is 4.54. The molecule has 2 aliphatic rings. The predicted molar refractivity (Wildman–Crippen MR) is 146 cm³/mol. The van der Waals surface area contributed by atoms with Crippen LogP contribution in [0.4, 0.5) is 0 Å². The molecule has 1 fully saturated rings. The molecule has 0 radical (unpaired) electrons. The largest absolute Gasteiger partial charge is 0.489 e. The number of esters is 1.